The molecule has 0 aromatic carbocycles. The number of carbonyl (C=O) groups is 1. The van der Waals surface area contributed by atoms with Crippen LogP contribution in [0.4, 0.5) is 0 Å². The lowest BCUT2D eigenvalue weighted by atomic mass is 9.87. The second-order valence-corrected chi connectivity index (χ2v) is 5.94. The first-order valence-electron chi connectivity index (χ1n) is 5.56. The molecule has 1 unspecified atom stereocenters. The molecule has 0 aliphatic rings. The molecule has 0 aliphatic carbocycles. The summed E-state index contributed by atoms with van der Waals surface area (Å²) < 4.78 is 0. The second-order valence-electron chi connectivity index (χ2n) is 5.16. The number of aliphatic hydroxyl groups is 1. The molecule has 1 amide bonds. The maximum Gasteiger partial charge on any atom is 0.237 e. The molecule has 18 heavy (non-hydrogen) atoms. The topological polar surface area (TPSA) is 75.4 Å². The summed E-state index contributed by atoms with van der Waals surface area (Å²) >= 11 is 1.52. The monoisotopic (exact) mass is 292 g/mol. The average Bonchev–Trinajstić information content (AvgIpc) is 2.76. The lowest BCUT2D eigenvalue weighted by Crippen LogP contribution is -2.49. The Labute approximate surface area is 118 Å². The van der Waals surface area contributed by atoms with Gasteiger partial charge in [0.05, 0.1) is 12.1 Å². The van der Waals surface area contributed by atoms with Crippen molar-refractivity contribution in [1.29, 1.82) is 0 Å². The van der Waals surface area contributed by atoms with Crippen LogP contribution in [0.25, 0.3) is 0 Å². The Morgan fingerprint density at radius 2 is 2.17 bits per heavy atom. The van der Waals surface area contributed by atoms with E-state index in [1.165, 1.54) is 11.3 Å². The Hall–Kier alpha value is -0.620. The fourth-order valence-electron chi connectivity index (χ4n) is 1.28. The van der Waals surface area contributed by atoms with Gasteiger partial charge in [-0.3, -0.25) is 4.79 Å². The fourth-order valence-corrected chi connectivity index (χ4v) is 1.99. The molecule has 6 heteroatoms. The summed E-state index contributed by atoms with van der Waals surface area (Å²) in [5.41, 5.74) is 6.35. The van der Waals surface area contributed by atoms with Gasteiger partial charge in [-0.15, -0.1) is 12.4 Å². The second kappa shape index (κ2) is 7.09. The minimum Gasteiger partial charge on any atom is -0.387 e. The molecular weight excluding hydrogens is 272 g/mol. The highest BCUT2D eigenvalue weighted by atomic mass is 35.5. The minimum absolute atomic E-state index is 0. The highest BCUT2D eigenvalue weighted by Crippen LogP contribution is 2.18. The van der Waals surface area contributed by atoms with Gasteiger partial charge in [0.15, 0.2) is 0 Å². The van der Waals surface area contributed by atoms with E-state index in [4.69, 9.17) is 5.73 Å². The Bertz CT molecular complexity index is 363. The van der Waals surface area contributed by atoms with Crippen LogP contribution in [-0.4, -0.2) is 23.6 Å². The van der Waals surface area contributed by atoms with E-state index < -0.39 is 12.1 Å². The van der Waals surface area contributed by atoms with Gasteiger partial charge in [0, 0.05) is 6.54 Å². The van der Waals surface area contributed by atoms with E-state index in [-0.39, 0.29) is 30.3 Å². The molecular formula is C12H21ClN2O2S. The number of hydrogen-bond donors (Lipinski definition) is 3. The third-order valence-electron chi connectivity index (χ3n) is 2.61. The van der Waals surface area contributed by atoms with Crippen molar-refractivity contribution in [3.8, 4) is 0 Å². The summed E-state index contributed by atoms with van der Waals surface area (Å²) in [6.07, 6.45) is -0.669. The summed E-state index contributed by atoms with van der Waals surface area (Å²) in [7, 11) is 0. The number of carbonyl (C=O) groups excluding carboxylic acids is 1. The zero-order chi connectivity index (χ0) is 13.1. The van der Waals surface area contributed by atoms with Crippen LogP contribution in [0.2, 0.25) is 0 Å². The highest BCUT2D eigenvalue weighted by Gasteiger charge is 2.27. The summed E-state index contributed by atoms with van der Waals surface area (Å²) in [6, 6.07) is 1.27. The van der Waals surface area contributed by atoms with Gasteiger partial charge in [-0.05, 0) is 27.8 Å². The third-order valence-corrected chi connectivity index (χ3v) is 3.31. The number of amides is 1. The van der Waals surface area contributed by atoms with Crippen molar-refractivity contribution in [2.75, 3.05) is 6.54 Å². The van der Waals surface area contributed by atoms with Crippen molar-refractivity contribution < 1.29 is 9.90 Å². The summed E-state index contributed by atoms with van der Waals surface area (Å²) in [6.45, 7) is 5.92. The molecule has 2 atom stereocenters. The molecule has 0 aliphatic heterocycles. The molecule has 0 saturated heterocycles. The number of nitrogens with two attached hydrogens (primary N) is 1. The normalized spacial score (nSPS) is 14.5. The standard InChI is InChI=1S/C12H20N2O2S.ClH/c1-12(2,3)10(13)11(16)14-6-9(15)8-4-5-17-7-8;/h4-5,7,9-10,15H,6,13H2,1-3H3,(H,14,16);1H/t9?,10-;/m1./s1. The van der Waals surface area contributed by atoms with Crippen LogP contribution >= 0.6 is 23.7 Å². The van der Waals surface area contributed by atoms with E-state index in [1.807, 2.05) is 37.6 Å². The van der Waals surface area contributed by atoms with Crippen molar-refractivity contribution in [2.24, 2.45) is 11.1 Å². The summed E-state index contributed by atoms with van der Waals surface area (Å²) in [5, 5.41) is 16.2. The van der Waals surface area contributed by atoms with Crippen LogP contribution in [0.15, 0.2) is 16.8 Å². The Morgan fingerprint density at radius 3 is 2.61 bits per heavy atom. The molecule has 4 N–H and O–H groups in total. The van der Waals surface area contributed by atoms with Crippen LogP contribution in [0.3, 0.4) is 0 Å². The molecule has 1 heterocycles. The fraction of sp³-hybridized carbons (Fsp3) is 0.583. The quantitative estimate of drug-likeness (QED) is 0.790. The molecule has 4 nitrogen and oxygen atoms in total. The van der Waals surface area contributed by atoms with Gasteiger partial charge < -0.3 is 16.2 Å². The SMILES string of the molecule is CC(C)(C)[C@H](N)C(=O)NCC(O)c1ccsc1.Cl. The zero-order valence-corrected chi connectivity index (χ0v) is 12.5. The van der Waals surface area contributed by atoms with Crippen molar-refractivity contribution in [1.82, 2.24) is 5.32 Å². The molecule has 1 aromatic heterocycles. The van der Waals surface area contributed by atoms with Gasteiger partial charge in [-0.1, -0.05) is 20.8 Å². The predicted molar refractivity (Wildman–Crippen MR) is 77.0 cm³/mol. The van der Waals surface area contributed by atoms with Crippen LogP contribution in [0.1, 0.15) is 32.4 Å². The van der Waals surface area contributed by atoms with E-state index in [0.717, 1.165) is 5.56 Å². The minimum atomic E-state index is -0.669. The Morgan fingerprint density at radius 1 is 1.56 bits per heavy atom. The van der Waals surface area contributed by atoms with Gasteiger partial charge in [0.25, 0.3) is 0 Å². The smallest absolute Gasteiger partial charge is 0.237 e. The van der Waals surface area contributed by atoms with Gasteiger partial charge in [-0.25, -0.2) is 0 Å². The van der Waals surface area contributed by atoms with Crippen LogP contribution in [0, 0.1) is 5.41 Å². The molecule has 1 aromatic rings. The molecule has 0 spiro atoms. The van der Waals surface area contributed by atoms with E-state index in [1.54, 1.807) is 0 Å². The van der Waals surface area contributed by atoms with E-state index in [0.29, 0.717) is 0 Å². The number of halogens is 1. The molecule has 0 saturated carbocycles. The maximum atomic E-state index is 11.7. The maximum absolute atomic E-state index is 11.7. The largest absolute Gasteiger partial charge is 0.387 e. The third kappa shape index (κ3) is 4.94. The number of aliphatic hydroxyl groups excluding tert-OH is 1. The highest BCUT2D eigenvalue weighted by molar-refractivity contribution is 7.07. The molecule has 0 fully saturated rings. The first-order valence-corrected chi connectivity index (χ1v) is 6.50. The van der Waals surface area contributed by atoms with Gasteiger partial charge in [0.1, 0.15) is 0 Å². The van der Waals surface area contributed by atoms with Gasteiger partial charge in [0.2, 0.25) is 5.91 Å². The summed E-state index contributed by atoms with van der Waals surface area (Å²) in [4.78, 5) is 11.7. The van der Waals surface area contributed by atoms with Crippen LogP contribution < -0.4 is 11.1 Å². The van der Waals surface area contributed by atoms with E-state index in [9.17, 15) is 9.90 Å². The van der Waals surface area contributed by atoms with E-state index in [2.05, 4.69) is 5.32 Å². The Kier molecular flexibility index (Phi) is 6.84. The molecule has 1 rings (SSSR count). The van der Waals surface area contributed by atoms with Crippen molar-refractivity contribution in [2.45, 2.75) is 32.9 Å². The average molecular weight is 293 g/mol. The summed E-state index contributed by atoms with van der Waals surface area (Å²) in [5.74, 6) is -0.230. The Balaban J connectivity index is 0.00000289. The van der Waals surface area contributed by atoms with Crippen LogP contribution in [0.5, 0.6) is 0 Å². The van der Waals surface area contributed by atoms with Crippen molar-refractivity contribution in [3.05, 3.63) is 22.4 Å². The molecule has 0 radical (unpaired) electrons. The predicted octanol–water partition coefficient (Wildman–Crippen LogP) is 1.69. The zero-order valence-electron chi connectivity index (χ0n) is 10.8. The van der Waals surface area contributed by atoms with Crippen LogP contribution in [-0.2, 0) is 4.79 Å². The molecule has 104 valence electrons. The van der Waals surface area contributed by atoms with Crippen molar-refractivity contribution >= 4 is 29.7 Å². The molecule has 0 bridgehead atoms. The number of thiophene rings is 1. The first-order chi connectivity index (χ1) is 7.82. The number of nitrogens with one attached hydrogen (secondary N) is 1. The first kappa shape index (κ1) is 17.4. The van der Waals surface area contributed by atoms with Crippen molar-refractivity contribution in [3.63, 3.8) is 0 Å². The lowest BCUT2D eigenvalue weighted by Gasteiger charge is -2.26. The van der Waals surface area contributed by atoms with Gasteiger partial charge in [-0.2, -0.15) is 11.3 Å². The van der Waals surface area contributed by atoms with Gasteiger partial charge >= 0.3 is 0 Å². The number of hydrogen-bond acceptors (Lipinski definition) is 4. The lowest BCUT2D eigenvalue weighted by molar-refractivity contribution is -0.125. The van der Waals surface area contributed by atoms with E-state index >= 15 is 0 Å². The number of rotatable bonds is 4.